The summed E-state index contributed by atoms with van der Waals surface area (Å²) in [6.45, 7) is 0.390. The number of benzene rings is 1. The molecule has 1 heterocycles. The maximum Gasteiger partial charge on any atom is 0.150 e. The Balaban J connectivity index is 1.87. The highest BCUT2D eigenvalue weighted by Crippen LogP contribution is 2.29. The second-order valence-electron chi connectivity index (χ2n) is 4.89. The van der Waals surface area contributed by atoms with Crippen LogP contribution in [0.25, 0.3) is 0 Å². The molecule has 3 nitrogen and oxygen atoms in total. The normalized spacial score (nSPS) is 13.9. The predicted octanol–water partition coefficient (Wildman–Crippen LogP) is 3.21. The van der Waals surface area contributed by atoms with Crippen molar-refractivity contribution in [3.05, 3.63) is 53.3 Å². The van der Waals surface area contributed by atoms with Crippen LogP contribution in [0.15, 0.2) is 36.5 Å². The van der Waals surface area contributed by atoms with Gasteiger partial charge in [-0.25, -0.2) is 0 Å². The average molecular weight is 254 g/mol. The summed E-state index contributed by atoms with van der Waals surface area (Å²) < 4.78 is 5.92. The molecule has 98 valence electrons. The Labute approximate surface area is 113 Å². The zero-order valence-electron chi connectivity index (χ0n) is 10.9. The maximum absolute atomic E-state index is 5.92. The van der Waals surface area contributed by atoms with E-state index in [9.17, 15) is 0 Å². The molecule has 0 radical (unpaired) electrons. The van der Waals surface area contributed by atoms with Gasteiger partial charge in [0.2, 0.25) is 0 Å². The van der Waals surface area contributed by atoms with E-state index in [2.05, 4.69) is 17.1 Å². The number of pyridine rings is 1. The van der Waals surface area contributed by atoms with Gasteiger partial charge in [0.1, 0.15) is 11.5 Å². The smallest absolute Gasteiger partial charge is 0.150 e. The van der Waals surface area contributed by atoms with Gasteiger partial charge >= 0.3 is 0 Å². The highest BCUT2D eigenvalue weighted by atomic mass is 16.5. The van der Waals surface area contributed by atoms with Gasteiger partial charge < -0.3 is 10.5 Å². The van der Waals surface area contributed by atoms with Crippen molar-refractivity contribution in [2.24, 2.45) is 5.73 Å². The van der Waals surface area contributed by atoms with E-state index in [1.807, 2.05) is 18.2 Å². The molecule has 3 heteroatoms. The number of nitrogens with zero attached hydrogens (tertiary/aromatic N) is 1. The molecule has 1 aromatic carbocycles. The maximum atomic E-state index is 5.92. The van der Waals surface area contributed by atoms with Crippen LogP contribution in [0.5, 0.6) is 11.5 Å². The Morgan fingerprint density at radius 3 is 2.79 bits per heavy atom. The summed E-state index contributed by atoms with van der Waals surface area (Å²) >= 11 is 0. The van der Waals surface area contributed by atoms with Gasteiger partial charge in [0, 0.05) is 12.7 Å². The molecular weight excluding hydrogens is 236 g/mol. The third-order valence-corrected chi connectivity index (χ3v) is 3.59. The largest absolute Gasteiger partial charge is 0.455 e. The molecule has 0 bridgehead atoms. The van der Waals surface area contributed by atoms with E-state index in [-0.39, 0.29) is 0 Å². The van der Waals surface area contributed by atoms with E-state index in [1.54, 1.807) is 6.20 Å². The molecule has 1 aromatic heterocycles. The zero-order valence-corrected chi connectivity index (χ0v) is 10.9. The van der Waals surface area contributed by atoms with Crippen molar-refractivity contribution in [2.75, 3.05) is 0 Å². The fourth-order valence-corrected chi connectivity index (χ4v) is 2.57. The van der Waals surface area contributed by atoms with Crippen molar-refractivity contribution >= 4 is 0 Å². The van der Waals surface area contributed by atoms with E-state index >= 15 is 0 Å². The van der Waals surface area contributed by atoms with Crippen molar-refractivity contribution in [3.63, 3.8) is 0 Å². The first-order valence-electron chi connectivity index (χ1n) is 6.80. The van der Waals surface area contributed by atoms with Crippen molar-refractivity contribution in [1.29, 1.82) is 0 Å². The van der Waals surface area contributed by atoms with Crippen LogP contribution in [0.1, 0.15) is 29.7 Å². The van der Waals surface area contributed by atoms with E-state index in [0.717, 1.165) is 23.6 Å². The molecule has 0 amide bonds. The lowest BCUT2D eigenvalue weighted by atomic mass is 9.92. The molecule has 1 aliphatic rings. The number of aromatic nitrogens is 1. The molecule has 0 unspecified atom stereocenters. The highest BCUT2D eigenvalue weighted by molar-refractivity contribution is 5.40. The molecule has 2 aromatic rings. The van der Waals surface area contributed by atoms with E-state index in [1.165, 1.54) is 30.4 Å². The minimum Gasteiger partial charge on any atom is -0.455 e. The Morgan fingerprint density at radius 1 is 1.11 bits per heavy atom. The van der Waals surface area contributed by atoms with Crippen molar-refractivity contribution in [3.8, 4) is 11.5 Å². The van der Waals surface area contributed by atoms with Gasteiger partial charge in [0.25, 0.3) is 0 Å². The Kier molecular flexibility index (Phi) is 3.47. The van der Waals surface area contributed by atoms with Crippen molar-refractivity contribution in [1.82, 2.24) is 4.98 Å². The van der Waals surface area contributed by atoms with E-state index < -0.39 is 0 Å². The topological polar surface area (TPSA) is 48.1 Å². The number of hydrogen-bond acceptors (Lipinski definition) is 3. The molecule has 2 N–H and O–H groups in total. The van der Waals surface area contributed by atoms with Gasteiger partial charge in [-0.3, -0.25) is 4.98 Å². The molecule has 0 saturated heterocycles. The van der Waals surface area contributed by atoms with Gasteiger partial charge in [0.05, 0.1) is 5.69 Å². The summed E-state index contributed by atoms with van der Waals surface area (Å²) in [6.07, 6.45) is 6.66. The Bertz CT molecular complexity index is 581. The molecule has 3 rings (SSSR count). The quantitative estimate of drug-likeness (QED) is 0.915. The fraction of sp³-hybridized carbons (Fsp3) is 0.312. The van der Waals surface area contributed by atoms with Crippen LogP contribution < -0.4 is 10.5 Å². The summed E-state index contributed by atoms with van der Waals surface area (Å²) in [7, 11) is 0. The molecule has 0 atom stereocenters. The van der Waals surface area contributed by atoms with Crippen LogP contribution in [0.2, 0.25) is 0 Å². The summed E-state index contributed by atoms with van der Waals surface area (Å²) in [4.78, 5) is 4.23. The summed E-state index contributed by atoms with van der Waals surface area (Å²) in [6, 6.07) is 10.2. The predicted molar refractivity (Wildman–Crippen MR) is 75.3 cm³/mol. The molecule has 1 aliphatic carbocycles. The van der Waals surface area contributed by atoms with Gasteiger partial charge in [-0.05, 0) is 61.1 Å². The van der Waals surface area contributed by atoms with Crippen LogP contribution in [0, 0.1) is 0 Å². The van der Waals surface area contributed by atoms with E-state index in [4.69, 9.17) is 10.5 Å². The lowest BCUT2D eigenvalue weighted by molar-refractivity contribution is 0.471. The first-order valence-corrected chi connectivity index (χ1v) is 6.80. The van der Waals surface area contributed by atoms with Gasteiger partial charge in [-0.1, -0.05) is 6.07 Å². The minimum atomic E-state index is 0.390. The summed E-state index contributed by atoms with van der Waals surface area (Å²) in [5, 5.41) is 0. The fourth-order valence-electron chi connectivity index (χ4n) is 2.57. The lowest BCUT2D eigenvalue weighted by Gasteiger charge is -2.17. The monoisotopic (exact) mass is 254 g/mol. The highest BCUT2D eigenvalue weighted by Gasteiger charge is 2.11. The van der Waals surface area contributed by atoms with Crippen molar-refractivity contribution < 1.29 is 4.74 Å². The molecular formula is C16H18N2O. The number of rotatable bonds is 3. The minimum absolute atomic E-state index is 0.390. The van der Waals surface area contributed by atoms with Crippen LogP contribution in [-0.4, -0.2) is 4.98 Å². The van der Waals surface area contributed by atoms with Crippen LogP contribution in [0.3, 0.4) is 0 Å². The van der Waals surface area contributed by atoms with Crippen molar-refractivity contribution in [2.45, 2.75) is 32.2 Å². The third-order valence-electron chi connectivity index (χ3n) is 3.59. The van der Waals surface area contributed by atoms with Crippen LogP contribution >= 0.6 is 0 Å². The van der Waals surface area contributed by atoms with Gasteiger partial charge in [-0.2, -0.15) is 0 Å². The molecule has 0 fully saturated rings. The first-order chi connectivity index (χ1) is 9.36. The third kappa shape index (κ3) is 2.61. The summed E-state index contributed by atoms with van der Waals surface area (Å²) in [5.74, 6) is 1.63. The Morgan fingerprint density at radius 2 is 1.95 bits per heavy atom. The van der Waals surface area contributed by atoms with E-state index in [0.29, 0.717) is 6.54 Å². The molecule has 0 spiro atoms. The lowest BCUT2D eigenvalue weighted by Crippen LogP contribution is -2.04. The number of nitrogens with two attached hydrogens (primary N) is 1. The molecule has 0 saturated carbocycles. The van der Waals surface area contributed by atoms with Crippen LogP contribution in [0.4, 0.5) is 0 Å². The van der Waals surface area contributed by atoms with Gasteiger partial charge in [-0.15, -0.1) is 0 Å². The second kappa shape index (κ2) is 5.41. The SMILES string of the molecule is NCc1ncccc1Oc1ccc2c(c1)CCCC2. The number of hydrogen-bond donors (Lipinski definition) is 1. The number of ether oxygens (including phenoxy) is 1. The molecule has 0 aliphatic heterocycles. The molecule has 19 heavy (non-hydrogen) atoms. The van der Waals surface area contributed by atoms with Crippen LogP contribution in [-0.2, 0) is 19.4 Å². The zero-order chi connectivity index (χ0) is 13.1. The first kappa shape index (κ1) is 12.2. The summed E-state index contributed by atoms with van der Waals surface area (Å²) in [5.41, 5.74) is 9.34. The Hall–Kier alpha value is -1.87. The number of fused-ring (bicyclic) bond motifs is 1. The second-order valence-corrected chi connectivity index (χ2v) is 4.89. The standard InChI is InChI=1S/C16H18N2O/c17-11-15-16(6-3-9-18-15)19-14-8-7-12-4-1-2-5-13(12)10-14/h3,6-10H,1-2,4-5,11,17H2. The average Bonchev–Trinajstić information content (AvgIpc) is 2.48. The number of aryl methyl sites for hydroxylation is 2. The van der Waals surface area contributed by atoms with Gasteiger partial charge in [0.15, 0.2) is 0 Å².